The van der Waals surface area contributed by atoms with Crippen LogP contribution >= 0.6 is 0 Å². The van der Waals surface area contributed by atoms with Crippen LogP contribution in [0.5, 0.6) is 0 Å². The highest BCUT2D eigenvalue weighted by Gasteiger charge is 2.57. The Kier molecular flexibility index (Phi) is 11.7. The first-order chi connectivity index (χ1) is 22.0. The Labute approximate surface area is 287 Å². The van der Waals surface area contributed by atoms with Crippen molar-refractivity contribution in [2.24, 2.45) is 11.8 Å². The molecule has 7 heteroatoms. The third kappa shape index (κ3) is 7.96. The highest BCUT2D eigenvalue weighted by atomic mass is 28.4. The van der Waals surface area contributed by atoms with Crippen molar-refractivity contribution in [3.63, 3.8) is 0 Å². The van der Waals surface area contributed by atoms with Crippen LogP contribution in [0.15, 0.2) is 84.0 Å². The molecule has 0 bridgehead atoms. The Morgan fingerprint density at radius 3 is 2.02 bits per heavy atom. The van der Waals surface area contributed by atoms with Gasteiger partial charge in [0, 0.05) is 12.3 Å². The zero-order valence-electron chi connectivity index (χ0n) is 30.9. The predicted octanol–water partition coefficient (Wildman–Crippen LogP) is 8.94. The summed E-state index contributed by atoms with van der Waals surface area (Å²) < 4.78 is 26.6. The van der Waals surface area contributed by atoms with E-state index < -0.39 is 28.5 Å². The van der Waals surface area contributed by atoms with Crippen LogP contribution in [0.3, 0.4) is 0 Å². The molecule has 2 aromatic rings. The first-order valence-corrected chi connectivity index (χ1v) is 22.4. The summed E-state index contributed by atoms with van der Waals surface area (Å²) >= 11 is 0. The number of carbonyl (C=O) groups excluding carboxylic acids is 1. The molecule has 2 aromatic carbocycles. The number of esters is 1. The normalized spacial score (nSPS) is 24.4. The van der Waals surface area contributed by atoms with Gasteiger partial charge in [0.25, 0.3) is 8.32 Å². The lowest BCUT2D eigenvalue weighted by atomic mass is 9.71. The highest BCUT2D eigenvalue weighted by Crippen LogP contribution is 2.47. The molecule has 1 saturated heterocycles. The van der Waals surface area contributed by atoms with Crippen molar-refractivity contribution in [2.45, 2.75) is 123 Å². The van der Waals surface area contributed by atoms with Gasteiger partial charge in [-0.3, -0.25) is 0 Å². The van der Waals surface area contributed by atoms with E-state index in [2.05, 4.69) is 148 Å². The average molecular weight is 677 g/mol. The lowest BCUT2D eigenvalue weighted by molar-refractivity contribution is -0.147. The van der Waals surface area contributed by atoms with Crippen molar-refractivity contribution in [3.05, 3.63) is 84.0 Å². The molecule has 258 valence electrons. The molecule has 0 unspecified atom stereocenters. The second-order valence-electron chi connectivity index (χ2n) is 16.4. The molecule has 0 aromatic heterocycles. The van der Waals surface area contributed by atoms with E-state index >= 15 is 0 Å². The van der Waals surface area contributed by atoms with Gasteiger partial charge in [0.15, 0.2) is 13.9 Å². The fraction of sp³-hybridized carbons (Fsp3) is 0.575. The third-order valence-corrected chi connectivity index (χ3v) is 20.2. The summed E-state index contributed by atoms with van der Waals surface area (Å²) in [6.07, 6.45) is 7.21. The largest absolute Gasteiger partial charge is 0.434 e. The maximum absolute atomic E-state index is 13.8. The Morgan fingerprint density at radius 1 is 0.936 bits per heavy atom. The summed E-state index contributed by atoms with van der Waals surface area (Å²) in [6, 6.07) is 21.5. The van der Waals surface area contributed by atoms with Crippen LogP contribution in [0.2, 0.25) is 23.2 Å². The van der Waals surface area contributed by atoms with E-state index in [0.29, 0.717) is 19.6 Å². The van der Waals surface area contributed by atoms with Gasteiger partial charge in [-0.05, 0) is 64.8 Å². The van der Waals surface area contributed by atoms with Gasteiger partial charge in [0.1, 0.15) is 0 Å². The first-order valence-electron chi connectivity index (χ1n) is 17.6. The SMILES string of the molecule is CCCC[C@H]1OC(=O)[C@@]2(C[C@@H](C)C(CO[Si](c3ccccc3)(c3ccccc3)C(C)(C)C)=C[C@H]2/C=C(\C)CO[Si](C)(C)C(C)(C)C)O1. The highest BCUT2D eigenvalue weighted by molar-refractivity contribution is 6.99. The van der Waals surface area contributed by atoms with Crippen LogP contribution in [0, 0.1) is 11.8 Å². The third-order valence-electron chi connectivity index (χ3n) is 10.7. The van der Waals surface area contributed by atoms with Gasteiger partial charge >= 0.3 is 5.97 Å². The summed E-state index contributed by atoms with van der Waals surface area (Å²) in [7, 11) is -4.69. The quantitative estimate of drug-likeness (QED) is 0.128. The number of carbonyl (C=O) groups is 1. The number of hydrogen-bond donors (Lipinski definition) is 0. The van der Waals surface area contributed by atoms with Crippen LogP contribution < -0.4 is 10.4 Å². The Bertz CT molecular complexity index is 1360. The lowest BCUT2D eigenvalue weighted by Gasteiger charge is -2.44. The minimum atomic E-state index is -2.74. The number of hydrogen-bond acceptors (Lipinski definition) is 5. The van der Waals surface area contributed by atoms with Gasteiger partial charge in [-0.1, -0.05) is 140 Å². The van der Waals surface area contributed by atoms with Crippen molar-refractivity contribution < 1.29 is 23.1 Å². The molecule has 1 spiro atoms. The predicted molar refractivity (Wildman–Crippen MR) is 199 cm³/mol. The van der Waals surface area contributed by atoms with Crippen LogP contribution in [0.1, 0.15) is 88.0 Å². The molecule has 1 aliphatic heterocycles. The first kappa shape index (κ1) is 37.5. The number of unbranched alkanes of at least 4 members (excludes halogenated alkanes) is 1. The molecular formula is C40H60O5Si2. The smallest absolute Gasteiger partial charge is 0.341 e. The van der Waals surface area contributed by atoms with Gasteiger partial charge in [0.2, 0.25) is 6.29 Å². The Morgan fingerprint density at radius 2 is 1.51 bits per heavy atom. The Hall–Kier alpha value is -2.30. The summed E-state index contributed by atoms with van der Waals surface area (Å²) in [6.45, 7) is 25.7. The molecule has 1 heterocycles. The minimum Gasteiger partial charge on any atom is -0.434 e. The van der Waals surface area contributed by atoms with Crippen LogP contribution in [0.4, 0.5) is 0 Å². The minimum absolute atomic E-state index is 0.0825. The van der Waals surface area contributed by atoms with E-state index in [9.17, 15) is 4.79 Å². The van der Waals surface area contributed by atoms with Crippen LogP contribution in [0.25, 0.3) is 0 Å². The maximum Gasteiger partial charge on any atom is 0.341 e. The average Bonchev–Trinajstić information content (AvgIpc) is 3.32. The van der Waals surface area contributed by atoms with Gasteiger partial charge in [-0.15, -0.1) is 0 Å². The molecule has 1 aliphatic carbocycles. The molecule has 0 saturated carbocycles. The molecule has 4 rings (SSSR count). The second kappa shape index (κ2) is 14.7. The topological polar surface area (TPSA) is 54.0 Å². The molecule has 4 atom stereocenters. The molecule has 0 N–H and O–H groups in total. The van der Waals surface area contributed by atoms with Gasteiger partial charge in [-0.2, -0.15) is 0 Å². The van der Waals surface area contributed by atoms with E-state index in [1.807, 2.05) is 0 Å². The van der Waals surface area contributed by atoms with Crippen LogP contribution in [-0.4, -0.2) is 47.7 Å². The van der Waals surface area contributed by atoms with Crippen molar-refractivity contribution >= 4 is 33.0 Å². The summed E-state index contributed by atoms with van der Waals surface area (Å²) in [5.74, 6) is -0.439. The summed E-state index contributed by atoms with van der Waals surface area (Å²) in [4.78, 5) is 13.8. The summed E-state index contributed by atoms with van der Waals surface area (Å²) in [5.41, 5.74) is 1.26. The maximum atomic E-state index is 13.8. The standard InChI is InChI=1S/C40H60O5Si2/c1-12-13-24-36-44-37(41)40(45-36)27-31(3)32(26-33(40)25-30(2)28-42-46(10,11)38(4,5)6)29-43-47(39(7,8)9,34-20-16-14-17-21-34)35-22-18-15-19-23-35/h14-23,25-26,31,33,36H,12-13,24,27-29H2,1-11H3/b30-25+/t31-,33-,36+,40+/m1/s1. The molecule has 47 heavy (non-hydrogen) atoms. The van der Waals surface area contributed by atoms with Crippen molar-refractivity contribution in [3.8, 4) is 0 Å². The van der Waals surface area contributed by atoms with E-state index in [1.54, 1.807) is 0 Å². The fourth-order valence-electron chi connectivity index (χ4n) is 6.80. The van der Waals surface area contributed by atoms with Gasteiger partial charge in [0.05, 0.1) is 13.2 Å². The molecule has 1 fully saturated rings. The van der Waals surface area contributed by atoms with Gasteiger partial charge < -0.3 is 18.3 Å². The van der Waals surface area contributed by atoms with E-state index in [4.69, 9.17) is 18.3 Å². The van der Waals surface area contributed by atoms with E-state index in [-0.39, 0.29) is 27.9 Å². The zero-order valence-corrected chi connectivity index (χ0v) is 32.9. The van der Waals surface area contributed by atoms with E-state index in [1.165, 1.54) is 15.9 Å². The monoisotopic (exact) mass is 676 g/mol. The summed E-state index contributed by atoms with van der Waals surface area (Å²) in [5, 5.41) is 2.51. The molecular weight excluding hydrogens is 617 g/mol. The van der Waals surface area contributed by atoms with Crippen molar-refractivity contribution in [1.29, 1.82) is 0 Å². The molecule has 5 nitrogen and oxygen atoms in total. The Balaban J connectivity index is 1.74. The van der Waals surface area contributed by atoms with Crippen LogP contribution in [-0.2, 0) is 23.1 Å². The number of ether oxygens (including phenoxy) is 2. The second-order valence-corrected chi connectivity index (χ2v) is 25.5. The zero-order chi connectivity index (χ0) is 34.7. The molecule has 0 radical (unpaired) electrons. The number of rotatable bonds is 12. The lowest BCUT2D eigenvalue weighted by Crippen LogP contribution is -2.66. The van der Waals surface area contributed by atoms with Crippen molar-refractivity contribution in [2.75, 3.05) is 13.2 Å². The fourth-order valence-corrected chi connectivity index (χ4v) is 12.4. The number of benzene rings is 2. The van der Waals surface area contributed by atoms with E-state index in [0.717, 1.165) is 24.8 Å². The van der Waals surface area contributed by atoms with Crippen molar-refractivity contribution in [1.82, 2.24) is 0 Å². The molecule has 0 amide bonds. The molecule has 2 aliphatic rings. The van der Waals surface area contributed by atoms with Gasteiger partial charge in [-0.25, -0.2) is 4.79 Å². The number of cyclic esters (lactones) is 1.